The second-order valence-corrected chi connectivity index (χ2v) is 9.83. The van der Waals surface area contributed by atoms with Gasteiger partial charge in [-0.15, -0.1) is 11.3 Å². The molecule has 2 aromatic carbocycles. The molecule has 0 saturated carbocycles. The van der Waals surface area contributed by atoms with E-state index < -0.39 is 5.76 Å². The molecule has 7 nitrogen and oxygen atoms in total. The lowest BCUT2D eigenvalue weighted by molar-refractivity contribution is -0.116. The molecule has 2 aromatic heterocycles. The van der Waals surface area contributed by atoms with E-state index in [0.29, 0.717) is 35.7 Å². The number of para-hydroxylation sites is 2. The maximum absolute atomic E-state index is 13.2. The Morgan fingerprint density at radius 1 is 1.00 bits per heavy atom. The number of nitrogens with zero attached hydrogens (tertiary/aromatic N) is 1. The van der Waals surface area contributed by atoms with Crippen molar-refractivity contribution in [1.29, 1.82) is 0 Å². The number of carbonyl (C=O) groups is 2. The Hall–Kier alpha value is -3.65. The van der Waals surface area contributed by atoms with E-state index in [2.05, 4.69) is 10.6 Å². The third-order valence-electron chi connectivity index (χ3n) is 6.31. The third kappa shape index (κ3) is 5.07. The van der Waals surface area contributed by atoms with E-state index in [1.54, 1.807) is 10.6 Å². The number of oxazole rings is 1. The topological polar surface area (TPSA) is 93.3 Å². The number of nitrogens with one attached hydrogen (secondary N) is 2. The Morgan fingerprint density at radius 2 is 1.77 bits per heavy atom. The minimum absolute atomic E-state index is 0.153. The number of hydrogen-bond donors (Lipinski definition) is 2. The highest BCUT2D eigenvalue weighted by Crippen LogP contribution is 2.38. The molecule has 0 saturated heterocycles. The molecule has 0 atom stereocenters. The molecule has 0 radical (unpaired) electrons. The van der Waals surface area contributed by atoms with Gasteiger partial charge in [-0.05, 0) is 55.4 Å². The van der Waals surface area contributed by atoms with Gasteiger partial charge in [0.2, 0.25) is 5.91 Å². The number of benzene rings is 2. The van der Waals surface area contributed by atoms with Crippen LogP contribution in [0.3, 0.4) is 0 Å². The highest BCUT2D eigenvalue weighted by atomic mass is 32.1. The summed E-state index contributed by atoms with van der Waals surface area (Å²) in [6, 6.07) is 17.0. The summed E-state index contributed by atoms with van der Waals surface area (Å²) >= 11 is 1.51. The van der Waals surface area contributed by atoms with Crippen LogP contribution in [0.2, 0.25) is 0 Å². The van der Waals surface area contributed by atoms with Gasteiger partial charge >= 0.3 is 5.76 Å². The van der Waals surface area contributed by atoms with E-state index >= 15 is 0 Å². The van der Waals surface area contributed by atoms with Crippen molar-refractivity contribution in [3.63, 3.8) is 0 Å². The van der Waals surface area contributed by atoms with Gasteiger partial charge in [0.25, 0.3) is 5.91 Å². The SMILES string of the molecule is O=C(CCCn1c(=O)oc2ccccc21)Nc1sc2c(c1C(=O)NCc1ccccc1)CCCC2. The largest absolute Gasteiger partial charge is 0.419 e. The van der Waals surface area contributed by atoms with E-state index in [9.17, 15) is 14.4 Å². The summed E-state index contributed by atoms with van der Waals surface area (Å²) in [4.78, 5) is 39.3. The molecule has 35 heavy (non-hydrogen) atoms. The van der Waals surface area contributed by atoms with Crippen LogP contribution >= 0.6 is 11.3 Å². The summed E-state index contributed by atoms with van der Waals surface area (Å²) in [5, 5.41) is 6.63. The Bertz CT molecular complexity index is 1420. The van der Waals surface area contributed by atoms with Gasteiger partial charge in [0.05, 0.1) is 11.1 Å². The second-order valence-electron chi connectivity index (χ2n) is 8.72. The van der Waals surface area contributed by atoms with Crippen molar-refractivity contribution in [3.8, 4) is 0 Å². The smallest absolute Gasteiger partial charge is 0.408 e. The number of thiophene rings is 1. The molecular formula is C27H27N3O4S. The molecule has 8 heteroatoms. The Kier molecular flexibility index (Phi) is 6.81. The fourth-order valence-electron chi connectivity index (χ4n) is 4.57. The summed E-state index contributed by atoms with van der Waals surface area (Å²) in [5.41, 5.74) is 3.96. The van der Waals surface area contributed by atoms with Crippen molar-refractivity contribution in [2.45, 2.75) is 51.6 Å². The molecule has 0 bridgehead atoms. The predicted molar refractivity (Wildman–Crippen MR) is 137 cm³/mol. The van der Waals surface area contributed by atoms with Gasteiger partial charge in [-0.1, -0.05) is 42.5 Å². The van der Waals surface area contributed by atoms with Crippen LogP contribution in [0.15, 0.2) is 63.8 Å². The van der Waals surface area contributed by atoms with Gasteiger partial charge in [0.15, 0.2) is 5.58 Å². The number of aromatic nitrogens is 1. The lowest BCUT2D eigenvalue weighted by Crippen LogP contribution is -2.25. The normalized spacial score (nSPS) is 12.9. The first kappa shape index (κ1) is 23.1. The second kappa shape index (κ2) is 10.3. The average molecular weight is 490 g/mol. The van der Waals surface area contributed by atoms with Crippen LogP contribution in [0.4, 0.5) is 5.00 Å². The fourth-order valence-corrected chi connectivity index (χ4v) is 5.88. The first-order valence-electron chi connectivity index (χ1n) is 11.9. The minimum atomic E-state index is -0.421. The first-order chi connectivity index (χ1) is 17.1. The van der Waals surface area contributed by atoms with E-state index in [1.165, 1.54) is 16.2 Å². The summed E-state index contributed by atoms with van der Waals surface area (Å²) < 4.78 is 6.81. The van der Waals surface area contributed by atoms with Gasteiger partial charge in [-0.3, -0.25) is 14.2 Å². The van der Waals surface area contributed by atoms with Gasteiger partial charge in [0, 0.05) is 24.4 Å². The maximum Gasteiger partial charge on any atom is 0.419 e. The van der Waals surface area contributed by atoms with Crippen molar-refractivity contribution in [1.82, 2.24) is 9.88 Å². The summed E-state index contributed by atoms with van der Waals surface area (Å²) in [5.74, 6) is -0.739. The molecular weight excluding hydrogens is 462 g/mol. The Morgan fingerprint density at radius 3 is 2.63 bits per heavy atom. The monoisotopic (exact) mass is 489 g/mol. The minimum Gasteiger partial charge on any atom is -0.408 e. The molecule has 2 heterocycles. The molecule has 2 amide bonds. The molecule has 1 aliphatic rings. The zero-order chi connectivity index (χ0) is 24.2. The Balaban J connectivity index is 1.26. The number of hydrogen-bond acceptors (Lipinski definition) is 5. The van der Waals surface area contributed by atoms with Gasteiger partial charge in [-0.25, -0.2) is 4.79 Å². The quantitative estimate of drug-likeness (QED) is 0.369. The van der Waals surface area contributed by atoms with Crippen molar-refractivity contribution in [3.05, 3.63) is 86.7 Å². The van der Waals surface area contributed by atoms with Crippen LogP contribution in [0.1, 0.15) is 52.0 Å². The molecule has 0 spiro atoms. The standard InChI is InChI=1S/C27H27N3O4S/c31-23(15-8-16-30-20-12-5-6-13-21(20)34-27(30)33)29-26-24(19-11-4-7-14-22(19)35-26)25(32)28-17-18-9-2-1-3-10-18/h1-3,5-6,9-10,12-13H,4,7-8,11,14-17H2,(H,28,32)(H,29,31). The average Bonchev–Trinajstić information content (AvgIpc) is 3.39. The van der Waals surface area contributed by atoms with Crippen LogP contribution in [0.5, 0.6) is 0 Å². The molecule has 5 rings (SSSR count). The zero-order valence-corrected chi connectivity index (χ0v) is 20.2. The first-order valence-corrected chi connectivity index (χ1v) is 12.8. The van der Waals surface area contributed by atoms with Gasteiger partial charge < -0.3 is 15.1 Å². The Labute approximate surface area is 206 Å². The fraction of sp³-hybridized carbons (Fsp3) is 0.296. The number of aryl methyl sites for hydroxylation is 2. The van der Waals surface area contributed by atoms with Crippen LogP contribution in [-0.2, 0) is 30.7 Å². The number of rotatable bonds is 8. The predicted octanol–water partition coefficient (Wildman–Crippen LogP) is 4.88. The zero-order valence-electron chi connectivity index (χ0n) is 19.3. The van der Waals surface area contributed by atoms with Crippen molar-refractivity contribution in [2.24, 2.45) is 0 Å². The summed E-state index contributed by atoms with van der Waals surface area (Å²) in [6.45, 7) is 0.819. The van der Waals surface area contributed by atoms with Crippen LogP contribution in [-0.4, -0.2) is 16.4 Å². The number of anilines is 1. The number of amides is 2. The van der Waals surface area contributed by atoms with E-state index in [-0.39, 0.29) is 18.2 Å². The lowest BCUT2D eigenvalue weighted by Gasteiger charge is -2.13. The maximum atomic E-state index is 13.2. The molecule has 1 aliphatic carbocycles. The molecule has 4 aromatic rings. The molecule has 180 valence electrons. The van der Waals surface area contributed by atoms with Crippen molar-refractivity contribution >= 4 is 39.3 Å². The number of carbonyl (C=O) groups excluding carboxylic acids is 2. The lowest BCUT2D eigenvalue weighted by atomic mass is 9.95. The summed E-state index contributed by atoms with van der Waals surface area (Å²) in [6.07, 6.45) is 4.65. The van der Waals surface area contributed by atoms with Crippen LogP contribution in [0, 0.1) is 0 Å². The van der Waals surface area contributed by atoms with Crippen molar-refractivity contribution in [2.75, 3.05) is 5.32 Å². The van der Waals surface area contributed by atoms with Crippen LogP contribution in [0.25, 0.3) is 11.1 Å². The number of fused-ring (bicyclic) bond motifs is 2. The third-order valence-corrected chi connectivity index (χ3v) is 7.51. The van der Waals surface area contributed by atoms with Gasteiger partial charge in [0.1, 0.15) is 5.00 Å². The van der Waals surface area contributed by atoms with E-state index in [0.717, 1.165) is 42.3 Å². The van der Waals surface area contributed by atoms with Crippen molar-refractivity contribution < 1.29 is 14.0 Å². The van der Waals surface area contributed by atoms with Gasteiger partial charge in [-0.2, -0.15) is 0 Å². The highest BCUT2D eigenvalue weighted by molar-refractivity contribution is 7.17. The molecule has 2 N–H and O–H groups in total. The van der Waals surface area contributed by atoms with Crippen LogP contribution < -0.4 is 16.4 Å². The van der Waals surface area contributed by atoms with E-state index in [1.807, 2.05) is 48.5 Å². The molecule has 0 fully saturated rings. The summed E-state index contributed by atoms with van der Waals surface area (Å²) in [7, 11) is 0. The van der Waals surface area contributed by atoms with E-state index in [4.69, 9.17) is 4.42 Å². The molecule has 0 aliphatic heterocycles. The highest BCUT2D eigenvalue weighted by Gasteiger charge is 2.26. The molecule has 0 unspecified atom stereocenters.